The summed E-state index contributed by atoms with van der Waals surface area (Å²) in [6, 6.07) is 3.15. The molecule has 78 valence electrons. The summed E-state index contributed by atoms with van der Waals surface area (Å²) in [6.45, 7) is 6.46. The van der Waals surface area contributed by atoms with E-state index >= 15 is 0 Å². The number of hydrogen-bond acceptors (Lipinski definition) is 2. The maximum atomic E-state index is 10.5. The molecule has 0 atom stereocenters. The Bertz CT molecular complexity index is 421. The molecule has 1 aromatic heterocycles. The van der Waals surface area contributed by atoms with E-state index in [4.69, 9.17) is 5.11 Å². The molecule has 0 aliphatic carbocycles. The van der Waals surface area contributed by atoms with Crippen molar-refractivity contribution >= 4 is 14.0 Å². The molecule has 0 saturated carbocycles. The molecule has 0 aliphatic rings. The molecule has 1 N–H and O–H groups in total. The van der Waals surface area contributed by atoms with Gasteiger partial charge in [-0.2, -0.15) is 0 Å². The molecular weight excluding hydrogens is 206 g/mol. The molecule has 0 fully saturated rings. The molecule has 0 unspecified atom stereocenters. The molecule has 1 aromatic rings. The number of aromatic nitrogens is 1. The van der Waals surface area contributed by atoms with Crippen molar-refractivity contribution in [3.63, 3.8) is 0 Å². The Labute approximate surface area is 90.2 Å². The van der Waals surface area contributed by atoms with Gasteiger partial charge < -0.3 is 5.11 Å². The molecule has 3 nitrogen and oxygen atoms in total. The number of aromatic carboxylic acids is 1. The number of carboxylic acid groups (broad SMARTS) is 1. The van der Waals surface area contributed by atoms with E-state index in [0.29, 0.717) is 0 Å². The van der Waals surface area contributed by atoms with E-state index < -0.39 is 14.0 Å². The van der Waals surface area contributed by atoms with E-state index in [0.717, 1.165) is 5.56 Å². The molecule has 15 heavy (non-hydrogen) atoms. The van der Waals surface area contributed by atoms with Crippen LogP contribution in [0.25, 0.3) is 0 Å². The highest BCUT2D eigenvalue weighted by Crippen LogP contribution is 2.01. The predicted octanol–water partition coefficient (Wildman–Crippen LogP) is 2.01. The van der Waals surface area contributed by atoms with Crippen molar-refractivity contribution in [1.82, 2.24) is 4.98 Å². The maximum Gasteiger partial charge on any atom is 0.354 e. The summed E-state index contributed by atoms with van der Waals surface area (Å²) in [5, 5.41) is 8.64. The Morgan fingerprint density at radius 2 is 2.07 bits per heavy atom. The summed E-state index contributed by atoms with van der Waals surface area (Å²) in [5.74, 6) is 1.99. The molecule has 0 bridgehead atoms. The lowest BCUT2D eigenvalue weighted by Crippen LogP contribution is -2.16. The van der Waals surface area contributed by atoms with Gasteiger partial charge in [0.25, 0.3) is 0 Å². The second-order valence-electron chi connectivity index (χ2n) is 4.24. The number of nitrogens with zero attached hydrogens (tertiary/aromatic N) is 1. The fourth-order valence-electron chi connectivity index (χ4n) is 0.854. The maximum absolute atomic E-state index is 10.5. The van der Waals surface area contributed by atoms with Crippen molar-refractivity contribution in [1.29, 1.82) is 0 Å². The number of hydrogen-bond donors (Lipinski definition) is 1. The smallest absolute Gasteiger partial charge is 0.354 e. The van der Waals surface area contributed by atoms with Crippen LogP contribution >= 0.6 is 0 Å². The lowest BCUT2D eigenvalue weighted by Gasteiger charge is -2.03. The van der Waals surface area contributed by atoms with Crippen molar-refractivity contribution < 1.29 is 9.90 Å². The summed E-state index contributed by atoms with van der Waals surface area (Å²) in [4.78, 5) is 14.3. The third-order valence-corrected chi connectivity index (χ3v) is 2.44. The van der Waals surface area contributed by atoms with Gasteiger partial charge >= 0.3 is 5.97 Å². The van der Waals surface area contributed by atoms with E-state index in [1.165, 1.54) is 12.3 Å². The fraction of sp³-hybridized carbons (Fsp3) is 0.273. The van der Waals surface area contributed by atoms with Crippen LogP contribution in [0.4, 0.5) is 0 Å². The second kappa shape index (κ2) is 4.28. The lowest BCUT2D eigenvalue weighted by atomic mass is 10.2. The minimum Gasteiger partial charge on any atom is -0.477 e. The van der Waals surface area contributed by atoms with Crippen LogP contribution in [-0.2, 0) is 0 Å². The van der Waals surface area contributed by atoms with Crippen LogP contribution in [0, 0.1) is 11.5 Å². The van der Waals surface area contributed by atoms with Gasteiger partial charge in [-0.25, -0.2) is 9.78 Å². The molecule has 0 aliphatic heterocycles. The van der Waals surface area contributed by atoms with E-state index in [9.17, 15) is 4.79 Å². The van der Waals surface area contributed by atoms with Crippen molar-refractivity contribution in [2.24, 2.45) is 0 Å². The van der Waals surface area contributed by atoms with Crippen molar-refractivity contribution in [3.05, 3.63) is 29.6 Å². The summed E-state index contributed by atoms with van der Waals surface area (Å²) in [5.41, 5.74) is 4.00. The summed E-state index contributed by atoms with van der Waals surface area (Å²) in [6.07, 6.45) is 1.50. The lowest BCUT2D eigenvalue weighted by molar-refractivity contribution is 0.0690. The first-order valence-corrected chi connectivity index (χ1v) is 8.11. The Balaban J connectivity index is 2.89. The van der Waals surface area contributed by atoms with Gasteiger partial charge in [0.1, 0.15) is 13.8 Å². The van der Waals surface area contributed by atoms with Crippen LogP contribution in [0.3, 0.4) is 0 Å². The quantitative estimate of drug-likeness (QED) is 0.580. The predicted molar refractivity (Wildman–Crippen MR) is 61.4 cm³/mol. The highest BCUT2D eigenvalue weighted by molar-refractivity contribution is 6.83. The Morgan fingerprint density at radius 3 is 2.47 bits per heavy atom. The molecule has 0 radical (unpaired) electrons. The highest BCUT2D eigenvalue weighted by atomic mass is 28.3. The van der Waals surface area contributed by atoms with Crippen LogP contribution in [0.5, 0.6) is 0 Å². The Morgan fingerprint density at radius 1 is 1.40 bits per heavy atom. The van der Waals surface area contributed by atoms with Crippen molar-refractivity contribution in [3.8, 4) is 11.5 Å². The SMILES string of the molecule is C[Si](C)(C)C#Cc1ccc(C(=O)O)nc1. The van der Waals surface area contributed by atoms with Gasteiger partial charge in [0.15, 0.2) is 0 Å². The molecule has 1 heterocycles. The fourth-order valence-corrected chi connectivity index (χ4v) is 1.37. The minimum absolute atomic E-state index is 0.0496. The van der Waals surface area contributed by atoms with Crippen LogP contribution in [0.1, 0.15) is 16.1 Å². The second-order valence-corrected chi connectivity index (χ2v) is 8.99. The largest absolute Gasteiger partial charge is 0.477 e. The number of carboxylic acids is 1. The molecule has 0 saturated heterocycles. The summed E-state index contributed by atoms with van der Waals surface area (Å²) >= 11 is 0. The topological polar surface area (TPSA) is 50.2 Å². The van der Waals surface area contributed by atoms with Gasteiger partial charge in [0.05, 0.1) is 0 Å². The van der Waals surface area contributed by atoms with E-state index in [-0.39, 0.29) is 5.69 Å². The van der Waals surface area contributed by atoms with Crippen LogP contribution < -0.4 is 0 Å². The van der Waals surface area contributed by atoms with Gasteiger partial charge in [-0.15, -0.1) is 5.54 Å². The van der Waals surface area contributed by atoms with Gasteiger partial charge in [0, 0.05) is 11.8 Å². The first-order chi connectivity index (χ1) is 6.88. The van der Waals surface area contributed by atoms with Gasteiger partial charge in [-0.1, -0.05) is 25.6 Å². The van der Waals surface area contributed by atoms with Crippen molar-refractivity contribution in [2.45, 2.75) is 19.6 Å². The zero-order chi connectivity index (χ0) is 11.5. The third-order valence-electron chi connectivity index (χ3n) is 1.56. The van der Waals surface area contributed by atoms with Crippen LogP contribution in [0.2, 0.25) is 19.6 Å². The van der Waals surface area contributed by atoms with Gasteiger partial charge in [-0.3, -0.25) is 0 Å². The van der Waals surface area contributed by atoms with E-state index in [1.807, 2.05) is 0 Å². The number of carbonyl (C=O) groups is 1. The molecular formula is C11H13NO2Si. The van der Waals surface area contributed by atoms with Crippen molar-refractivity contribution in [2.75, 3.05) is 0 Å². The molecule has 4 heteroatoms. The molecule has 0 spiro atoms. The Kier molecular flexibility index (Phi) is 3.27. The first-order valence-electron chi connectivity index (χ1n) is 4.61. The van der Waals surface area contributed by atoms with E-state index in [1.54, 1.807) is 6.07 Å². The van der Waals surface area contributed by atoms with Gasteiger partial charge in [0.2, 0.25) is 0 Å². The number of rotatable bonds is 1. The molecule has 1 rings (SSSR count). The molecule has 0 amide bonds. The summed E-state index contributed by atoms with van der Waals surface area (Å²) < 4.78 is 0. The highest BCUT2D eigenvalue weighted by Gasteiger charge is 2.07. The average molecular weight is 219 g/mol. The zero-order valence-electron chi connectivity index (χ0n) is 9.03. The summed E-state index contributed by atoms with van der Waals surface area (Å²) in [7, 11) is -1.38. The van der Waals surface area contributed by atoms with Crippen LogP contribution in [0.15, 0.2) is 18.3 Å². The molecule has 0 aromatic carbocycles. The first kappa shape index (κ1) is 11.5. The van der Waals surface area contributed by atoms with Crippen LogP contribution in [-0.4, -0.2) is 24.1 Å². The van der Waals surface area contributed by atoms with E-state index in [2.05, 4.69) is 36.1 Å². The van der Waals surface area contributed by atoms with Gasteiger partial charge in [-0.05, 0) is 12.1 Å². The normalized spacial score (nSPS) is 10.3. The average Bonchev–Trinajstić information content (AvgIpc) is 2.14. The Hall–Kier alpha value is -1.60. The zero-order valence-corrected chi connectivity index (χ0v) is 10.0. The monoisotopic (exact) mass is 219 g/mol. The third kappa shape index (κ3) is 3.96. The minimum atomic E-state index is -1.38. The standard InChI is InChI=1S/C11H13NO2Si/c1-15(2,3)7-6-9-4-5-10(11(13)14)12-8-9/h4-5,8H,1-3H3,(H,13,14). The number of pyridine rings is 1.